The topological polar surface area (TPSA) is 99.4 Å². The van der Waals surface area contributed by atoms with Gasteiger partial charge >= 0.3 is 6.18 Å². The first-order valence-corrected chi connectivity index (χ1v) is 11.5. The molecule has 1 aromatic heterocycles. The maximum Gasteiger partial charge on any atom is 0.412 e. The summed E-state index contributed by atoms with van der Waals surface area (Å²) in [7, 11) is 0. The first kappa shape index (κ1) is 23.0. The van der Waals surface area contributed by atoms with Gasteiger partial charge in [-0.1, -0.05) is 17.7 Å². The van der Waals surface area contributed by atoms with Crippen LogP contribution in [0.5, 0.6) is 0 Å². The van der Waals surface area contributed by atoms with Crippen LogP contribution in [0.25, 0.3) is 10.1 Å². The Bertz CT molecular complexity index is 1140. The van der Waals surface area contributed by atoms with Crippen molar-refractivity contribution in [3.63, 3.8) is 0 Å². The quantitative estimate of drug-likeness (QED) is 0.535. The molecule has 5 atom stereocenters. The normalized spacial score (nSPS) is 32.2. The van der Waals surface area contributed by atoms with Crippen LogP contribution in [0.3, 0.4) is 0 Å². The Labute approximate surface area is 191 Å². The molecule has 0 bridgehead atoms. The Hall–Kier alpha value is -1.79. The lowest BCUT2D eigenvalue weighted by atomic mass is 9.86. The van der Waals surface area contributed by atoms with Gasteiger partial charge in [0.2, 0.25) is 5.79 Å². The van der Waals surface area contributed by atoms with Crippen LogP contribution in [-0.2, 0) is 28.3 Å². The molecular weight excluding hydrogens is 461 g/mol. The van der Waals surface area contributed by atoms with Crippen molar-refractivity contribution < 1.29 is 43.1 Å². The zero-order valence-corrected chi connectivity index (χ0v) is 18.2. The van der Waals surface area contributed by atoms with E-state index in [1.165, 1.54) is 17.4 Å². The van der Waals surface area contributed by atoms with Crippen molar-refractivity contribution >= 4 is 21.4 Å². The number of benzene rings is 1. The van der Waals surface area contributed by atoms with E-state index in [-0.39, 0.29) is 13.0 Å². The molecule has 33 heavy (non-hydrogen) atoms. The van der Waals surface area contributed by atoms with Crippen molar-refractivity contribution in [2.75, 3.05) is 6.61 Å². The number of hydrogen-bond donors (Lipinski definition) is 4. The van der Waals surface area contributed by atoms with Gasteiger partial charge in [0.05, 0.1) is 13.2 Å². The molecule has 1 saturated heterocycles. The number of rotatable bonds is 3. The van der Waals surface area contributed by atoms with Crippen LogP contribution in [0.15, 0.2) is 40.8 Å². The molecule has 2 aromatic rings. The molecule has 0 unspecified atom stereocenters. The van der Waals surface area contributed by atoms with Gasteiger partial charge in [-0.2, -0.15) is 13.2 Å². The van der Waals surface area contributed by atoms with Gasteiger partial charge in [0, 0.05) is 15.8 Å². The molecule has 178 valence electrons. The third-order valence-corrected chi connectivity index (χ3v) is 7.66. The zero-order chi connectivity index (χ0) is 23.5. The maximum absolute atomic E-state index is 12.9. The molecule has 10 heteroatoms. The van der Waals surface area contributed by atoms with Crippen molar-refractivity contribution in [1.82, 2.24) is 0 Å². The van der Waals surface area contributed by atoms with E-state index in [1.54, 1.807) is 0 Å². The van der Waals surface area contributed by atoms with E-state index in [9.17, 15) is 33.6 Å². The van der Waals surface area contributed by atoms with Crippen molar-refractivity contribution in [3.05, 3.63) is 57.5 Å². The number of hydrogen-bond acceptors (Lipinski definition) is 7. The Morgan fingerprint density at radius 1 is 1.09 bits per heavy atom. The first-order chi connectivity index (χ1) is 15.6. The molecule has 0 saturated carbocycles. The summed E-state index contributed by atoms with van der Waals surface area (Å²) in [6, 6.07) is 3.72. The van der Waals surface area contributed by atoms with E-state index in [0.717, 1.165) is 32.9 Å². The summed E-state index contributed by atoms with van der Waals surface area (Å²) in [5.74, 6) is -1.73. The molecule has 3 heterocycles. The minimum Gasteiger partial charge on any atom is -0.394 e. The van der Waals surface area contributed by atoms with E-state index in [0.29, 0.717) is 18.4 Å². The molecule has 4 N–H and O–H groups in total. The second kappa shape index (κ2) is 8.16. The largest absolute Gasteiger partial charge is 0.412 e. The Morgan fingerprint density at radius 2 is 1.88 bits per heavy atom. The summed E-state index contributed by atoms with van der Waals surface area (Å²) in [6.07, 6.45) is -6.66. The van der Waals surface area contributed by atoms with E-state index >= 15 is 0 Å². The average molecular weight is 484 g/mol. The van der Waals surface area contributed by atoms with Gasteiger partial charge in [-0.25, -0.2) is 0 Å². The van der Waals surface area contributed by atoms with Gasteiger partial charge in [-0.15, -0.1) is 11.3 Å². The molecule has 1 aliphatic carbocycles. The van der Waals surface area contributed by atoms with Crippen molar-refractivity contribution in [2.24, 2.45) is 0 Å². The lowest BCUT2D eigenvalue weighted by Gasteiger charge is -2.46. The second-order valence-corrected chi connectivity index (χ2v) is 9.59. The lowest BCUT2D eigenvalue weighted by Crippen LogP contribution is -2.63. The molecule has 5 rings (SSSR count). The molecule has 0 amide bonds. The molecule has 1 fully saturated rings. The van der Waals surface area contributed by atoms with Crippen LogP contribution >= 0.6 is 11.3 Å². The number of aliphatic hydroxyl groups is 4. The Morgan fingerprint density at radius 3 is 2.55 bits per heavy atom. The fourth-order valence-corrected chi connectivity index (χ4v) is 5.81. The first-order valence-electron chi connectivity index (χ1n) is 10.6. The Balaban J connectivity index is 1.50. The highest BCUT2D eigenvalue weighted by molar-refractivity contribution is 7.17. The summed E-state index contributed by atoms with van der Waals surface area (Å²) in [4.78, 5) is 0. The molecule has 0 radical (unpaired) electrons. The van der Waals surface area contributed by atoms with Gasteiger partial charge in [0.1, 0.15) is 24.4 Å². The fourth-order valence-electron chi connectivity index (χ4n) is 4.80. The van der Waals surface area contributed by atoms with Crippen LogP contribution in [0, 0.1) is 0 Å². The third-order valence-electron chi connectivity index (χ3n) is 6.66. The van der Waals surface area contributed by atoms with Crippen LogP contribution in [0.1, 0.15) is 29.5 Å². The monoisotopic (exact) mass is 484 g/mol. The summed E-state index contributed by atoms with van der Waals surface area (Å²) in [5.41, 5.74) is 2.55. The molecule has 6 nitrogen and oxygen atoms in total. The molecule has 3 aliphatic rings. The molecular formula is C23H23F3O6S. The number of fused-ring (bicyclic) bond motifs is 3. The number of alkyl halides is 3. The van der Waals surface area contributed by atoms with E-state index in [2.05, 4.69) is 0 Å². The maximum atomic E-state index is 12.9. The standard InChI is InChI=1S/C23H23F3O6S/c24-23(25,26)14-3-1-11(2-4-14)5-13-10-33-18-6-12-9-31-22(16(12)7-15(13)18)21(30)20(29)19(28)17(8-27)32-22/h1,3,6-7,10,17,19-21,27-30H,2,4-5,8-9H2/t17-,19-,20+,21-,22+/m1/s1. The SMILES string of the molecule is OC[C@H]1O[C@]2(OCc3cc4scc(CC5=CC=C(C(F)(F)F)CC5)c4cc32)[C@H](O)[C@@H](O)[C@@H]1O. The molecule has 1 aromatic carbocycles. The fraction of sp³-hybridized carbons (Fsp3) is 0.478. The highest BCUT2D eigenvalue weighted by Gasteiger charge is 2.58. The van der Waals surface area contributed by atoms with Gasteiger partial charge < -0.3 is 29.9 Å². The van der Waals surface area contributed by atoms with E-state index in [1.807, 2.05) is 17.5 Å². The summed E-state index contributed by atoms with van der Waals surface area (Å²) in [5, 5.41) is 43.6. The van der Waals surface area contributed by atoms with Gasteiger partial charge in [-0.05, 0) is 53.3 Å². The summed E-state index contributed by atoms with van der Waals surface area (Å²) in [6.45, 7) is -0.453. The van der Waals surface area contributed by atoms with Gasteiger partial charge in [0.15, 0.2) is 0 Å². The van der Waals surface area contributed by atoms with Crippen molar-refractivity contribution in [3.8, 4) is 0 Å². The number of allylic oxidation sites excluding steroid dienone is 4. The van der Waals surface area contributed by atoms with Gasteiger partial charge in [0.25, 0.3) is 0 Å². The minimum atomic E-state index is -4.31. The van der Waals surface area contributed by atoms with Crippen LogP contribution < -0.4 is 0 Å². The second-order valence-electron chi connectivity index (χ2n) is 8.68. The lowest BCUT2D eigenvalue weighted by molar-refractivity contribution is -0.368. The smallest absolute Gasteiger partial charge is 0.394 e. The molecule has 2 aliphatic heterocycles. The Kier molecular flexibility index (Phi) is 5.68. The van der Waals surface area contributed by atoms with Crippen LogP contribution in [0.4, 0.5) is 13.2 Å². The minimum absolute atomic E-state index is 0.0491. The third kappa shape index (κ3) is 3.74. The van der Waals surface area contributed by atoms with Crippen molar-refractivity contribution in [1.29, 1.82) is 0 Å². The molecule has 1 spiro atoms. The highest BCUT2D eigenvalue weighted by atomic mass is 32.1. The summed E-state index contributed by atoms with van der Waals surface area (Å²) < 4.78 is 51.3. The van der Waals surface area contributed by atoms with Crippen LogP contribution in [-0.4, -0.2) is 57.6 Å². The van der Waals surface area contributed by atoms with Crippen LogP contribution in [0.2, 0.25) is 0 Å². The number of aliphatic hydroxyl groups excluding tert-OH is 4. The van der Waals surface area contributed by atoms with Gasteiger partial charge in [-0.3, -0.25) is 0 Å². The number of thiophene rings is 1. The highest BCUT2D eigenvalue weighted by Crippen LogP contribution is 2.48. The predicted octanol–water partition coefficient (Wildman–Crippen LogP) is 2.81. The van der Waals surface area contributed by atoms with E-state index in [4.69, 9.17) is 9.47 Å². The van der Waals surface area contributed by atoms with Crippen molar-refractivity contribution in [2.45, 2.75) is 62.2 Å². The van der Waals surface area contributed by atoms with E-state index < -0.39 is 48.6 Å². The number of halogens is 3. The predicted molar refractivity (Wildman–Crippen MR) is 113 cm³/mol. The number of ether oxygens (including phenoxy) is 2. The summed E-state index contributed by atoms with van der Waals surface area (Å²) >= 11 is 1.50. The average Bonchev–Trinajstić information content (AvgIpc) is 3.35. The zero-order valence-electron chi connectivity index (χ0n) is 17.4.